The van der Waals surface area contributed by atoms with E-state index in [1.54, 1.807) is 11.5 Å². The average molecular weight is 295 g/mol. The Morgan fingerprint density at radius 1 is 1.67 bits per heavy atom. The lowest BCUT2D eigenvalue weighted by atomic mass is 9.99. The molecule has 5 atom stereocenters. The number of aliphatic imine (C=N–C) groups is 1. The summed E-state index contributed by atoms with van der Waals surface area (Å²) in [6.07, 6.45) is -0.153. The third kappa shape index (κ3) is 2.65. The summed E-state index contributed by atoms with van der Waals surface area (Å²) in [4.78, 5) is 8.20. The molecule has 0 radical (unpaired) electrons. The summed E-state index contributed by atoms with van der Waals surface area (Å²) >= 11 is 0. The molecule has 116 valence electrons. The van der Waals surface area contributed by atoms with E-state index in [-0.39, 0.29) is 11.6 Å². The Kier molecular flexibility index (Phi) is 4.31. The van der Waals surface area contributed by atoms with E-state index < -0.39 is 24.5 Å². The third-order valence-electron chi connectivity index (χ3n) is 3.64. The molecule has 0 bridgehead atoms. The van der Waals surface area contributed by atoms with Gasteiger partial charge in [0.15, 0.2) is 5.82 Å². The van der Waals surface area contributed by atoms with Crippen molar-refractivity contribution < 1.29 is 14.9 Å². The van der Waals surface area contributed by atoms with Crippen LogP contribution < -0.4 is 11.5 Å². The zero-order chi connectivity index (χ0) is 15.7. The van der Waals surface area contributed by atoms with Gasteiger partial charge in [0, 0.05) is 5.92 Å². The molecule has 0 saturated carbocycles. The fraction of sp³-hybridized carbons (Fsp3) is 0.538. The minimum Gasteiger partial charge on any atom is -0.397 e. The second-order valence-electron chi connectivity index (χ2n) is 5.21. The largest absolute Gasteiger partial charge is 0.397 e. The summed E-state index contributed by atoms with van der Waals surface area (Å²) in [6, 6.07) is 0. The molecule has 1 saturated heterocycles. The molecule has 1 fully saturated rings. The van der Waals surface area contributed by atoms with Crippen molar-refractivity contribution in [3.05, 3.63) is 18.6 Å². The Balaban J connectivity index is 2.41. The first-order chi connectivity index (χ1) is 9.88. The highest BCUT2D eigenvalue weighted by atomic mass is 16.5. The molecule has 0 aromatic carbocycles. The monoisotopic (exact) mass is 295 g/mol. The Morgan fingerprint density at radius 3 is 2.81 bits per heavy atom. The molecule has 6 N–H and O–H groups in total. The minimum absolute atomic E-state index is 0.257. The molecule has 1 aliphatic heterocycles. The number of rotatable bonds is 4. The molecule has 0 spiro atoms. The Bertz CT molecular complexity index is 554. The van der Waals surface area contributed by atoms with E-state index in [2.05, 4.69) is 16.6 Å². The summed E-state index contributed by atoms with van der Waals surface area (Å²) in [5, 5.41) is 19.8. The summed E-state index contributed by atoms with van der Waals surface area (Å²) in [5.74, 6) is 0.143. The van der Waals surface area contributed by atoms with Crippen molar-refractivity contribution >= 4 is 17.9 Å². The van der Waals surface area contributed by atoms with E-state index in [1.807, 2.05) is 6.92 Å². The number of imidazole rings is 1. The lowest BCUT2D eigenvalue weighted by Gasteiger charge is -2.19. The van der Waals surface area contributed by atoms with E-state index in [0.717, 1.165) is 6.34 Å². The molecule has 8 heteroatoms. The fourth-order valence-electron chi connectivity index (χ4n) is 2.52. The molecule has 8 nitrogen and oxygen atoms in total. The van der Waals surface area contributed by atoms with Gasteiger partial charge in [-0.25, -0.2) is 9.98 Å². The van der Waals surface area contributed by atoms with Gasteiger partial charge >= 0.3 is 0 Å². The Morgan fingerprint density at radius 2 is 2.33 bits per heavy atom. The van der Waals surface area contributed by atoms with Crippen molar-refractivity contribution in [3.8, 4) is 0 Å². The Labute approximate surface area is 122 Å². The smallest absolute Gasteiger partial charge is 0.165 e. The van der Waals surface area contributed by atoms with Gasteiger partial charge in [-0.05, 0) is 6.92 Å². The van der Waals surface area contributed by atoms with Gasteiger partial charge in [0.05, 0.1) is 30.6 Å². The van der Waals surface area contributed by atoms with Crippen LogP contribution in [0.5, 0.6) is 0 Å². The van der Waals surface area contributed by atoms with Crippen molar-refractivity contribution in [1.82, 2.24) is 9.55 Å². The van der Waals surface area contributed by atoms with Crippen molar-refractivity contribution in [1.29, 1.82) is 0 Å². The van der Waals surface area contributed by atoms with Crippen molar-refractivity contribution in [2.45, 2.75) is 38.4 Å². The topological polar surface area (TPSA) is 132 Å². The van der Waals surface area contributed by atoms with Crippen LogP contribution in [0.15, 0.2) is 17.9 Å². The minimum atomic E-state index is -0.795. The maximum absolute atomic E-state index is 10.2. The van der Waals surface area contributed by atoms with Gasteiger partial charge < -0.3 is 26.4 Å². The zero-order valence-electron chi connectivity index (χ0n) is 12.0. The van der Waals surface area contributed by atoms with E-state index in [0.29, 0.717) is 11.5 Å². The zero-order valence-corrected chi connectivity index (χ0v) is 12.0. The van der Waals surface area contributed by atoms with Crippen molar-refractivity contribution in [3.63, 3.8) is 0 Å². The van der Waals surface area contributed by atoms with E-state index in [4.69, 9.17) is 16.2 Å². The van der Waals surface area contributed by atoms with Crippen molar-refractivity contribution in [2.24, 2.45) is 22.4 Å². The van der Waals surface area contributed by atoms with Gasteiger partial charge in [-0.3, -0.25) is 4.57 Å². The quantitative estimate of drug-likeness (QED) is 0.445. The molecule has 1 aromatic rings. The van der Waals surface area contributed by atoms with Gasteiger partial charge in [-0.2, -0.15) is 0 Å². The molecule has 21 heavy (non-hydrogen) atoms. The highest BCUT2D eigenvalue weighted by Crippen LogP contribution is 2.39. The van der Waals surface area contributed by atoms with Gasteiger partial charge in [-0.15, -0.1) is 0 Å². The molecule has 2 heterocycles. The summed E-state index contributed by atoms with van der Waals surface area (Å²) in [5.41, 5.74) is 11.7. The summed E-state index contributed by atoms with van der Waals surface area (Å²) < 4.78 is 7.38. The first-order valence-corrected chi connectivity index (χ1v) is 6.66. The predicted molar refractivity (Wildman–Crippen MR) is 78.5 cm³/mol. The fourth-order valence-corrected chi connectivity index (χ4v) is 2.52. The van der Waals surface area contributed by atoms with Gasteiger partial charge in [0.1, 0.15) is 18.0 Å². The summed E-state index contributed by atoms with van der Waals surface area (Å²) in [6.45, 7) is 7.04. The van der Waals surface area contributed by atoms with Crippen LogP contribution in [0.1, 0.15) is 25.8 Å². The second kappa shape index (κ2) is 5.84. The molecule has 1 aliphatic rings. The van der Waals surface area contributed by atoms with E-state index in [1.165, 1.54) is 6.33 Å². The molecule has 1 aromatic heterocycles. The van der Waals surface area contributed by atoms with Crippen LogP contribution in [0.4, 0.5) is 5.82 Å². The molecular weight excluding hydrogens is 274 g/mol. The third-order valence-corrected chi connectivity index (χ3v) is 3.64. The average Bonchev–Trinajstić information content (AvgIpc) is 2.94. The number of hydrogen-bond donors (Lipinski definition) is 4. The number of nitrogens with two attached hydrogens (primary N) is 2. The van der Waals surface area contributed by atoms with Crippen LogP contribution in [0.2, 0.25) is 0 Å². The Hall–Kier alpha value is -1.90. The number of aromatic nitrogens is 2. The highest BCUT2D eigenvalue weighted by Gasteiger charge is 2.44. The van der Waals surface area contributed by atoms with E-state index in [9.17, 15) is 10.2 Å². The normalized spacial score (nSPS) is 30.9. The maximum Gasteiger partial charge on any atom is 0.165 e. The standard InChI is InChI=1S/C13H21N5O3/c1-6-10(20)11(8(3)19)21-13(6)18-5-17-9(7(2)15)12(18)16-4-14/h4-6,8,10-11,13,19-20H,2,15H2,1,3H3,(H2,14,16)/t6-,8?,10+,11-,13?/m1/s1. The number of hydrogen-bond acceptors (Lipinski definition) is 6. The molecule has 2 rings (SSSR count). The number of aliphatic hydroxyl groups is 2. The van der Waals surface area contributed by atoms with Gasteiger partial charge in [0.25, 0.3) is 0 Å². The number of aliphatic hydroxyl groups excluding tert-OH is 2. The maximum atomic E-state index is 10.2. The molecular formula is C13H21N5O3. The van der Waals surface area contributed by atoms with Crippen molar-refractivity contribution in [2.75, 3.05) is 0 Å². The molecule has 0 amide bonds. The lowest BCUT2D eigenvalue weighted by molar-refractivity contribution is -0.0761. The lowest BCUT2D eigenvalue weighted by Crippen LogP contribution is -2.34. The second-order valence-corrected chi connectivity index (χ2v) is 5.21. The number of ether oxygens (including phenoxy) is 1. The van der Waals surface area contributed by atoms with E-state index >= 15 is 0 Å². The van der Waals surface area contributed by atoms with Gasteiger partial charge in [0.2, 0.25) is 0 Å². The van der Waals surface area contributed by atoms with Crippen LogP contribution >= 0.6 is 0 Å². The predicted octanol–water partition coefficient (Wildman–Crippen LogP) is -0.294. The molecule has 0 aliphatic carbocycles. The first kappa shape index (κ1) is 15.5. The van der Waals surface area contributed by atoms with Crippen LogP contribution in [0.25, 0.3) is 5.70 Å². The SMILES string of the molecule is C=C(N)c1ncn(C2O[C@H](C(C)O)[C@@H](O)[C@H]2C)c1/N=C\N. The molecule has 2 unspecified atom stereocenters. The first-order valence-electron chi connectivity index (χ1n) is 6.66. The van der Waals surface area contributed by atoms with Gasteiger partial charge in [-0.1, -0.05) is 13.5 Å². The van der Waals surface area contributed by atoms with Crippen LogP contribution in [0, 0.1) is 5.92 Å². The number of nitrogens with zero attached hydrogens (tertiary/aromatic N) is 3. The highest BCUT2D eigenvalue weighted by molar-refractivity contribution is 5.69. The van der Waals surface area contributed by atoms with Crippen LogP contribution in [0.3, 0.4) is 0 Å². The summed E-state index contributed by atoms with van der Waals surface area (Å²) in [7, 11) is 0. The van der Waals surface area contributed by atoms with Crippen LogP contribution in [-0.2, 0) is 4.74 Å². The van der Waals surface area contributed by atoms with Crippen LogP contribution in [-0.4, -0.2) is 44.4 Å².